The van der Waals surface area contributed by atoms with Gasteiger partial charge in [0.05, 0.1) is 16.6 Å². The largest absolute Gasteiger partial charge is 0.355 e. The third kappa shape index (κ3) is 3.26. The van der Waals surface area contributed by atoms with E-state index >= 15 is 0 Å². The zero-order chi connectivity index (χ0) is 12.3. The Morgan fingerprint density at radius 1 is 1.59 bits per heavy atom. The summed E-state index contributed by atoms with van der Waals surface area (Å²) in [6.07, 6.45) is 1.80. The maximum absolute atomic E-state index is 11.7. The molecule has 0 saturated carbocycles. The molecular formula is C12H19N3OS. The van der Waals surface area contributed by atoms with Crippen molar-refractivity contribution in [3.05, 3.63) is 15.6 Å². The van der Waals surface area contributed by atoms with Gasteiger partial charge in [-0.25, -0.2) is 4.98 Å². The molecule has 17 heavy (non-hydrogen) atoms. The summed E-state index contributed by atoms with van der Waals surface area (Å²) < 4.78 is 0. The molecule has 0 aromatic carbocycles. The van der Waals surface area contributed by atoms with E-state index in [1.165, 1.54) is 4.88 Å². The molecule has 1 amide bonds. The zero-order valence-corrected chi connectivity index (χ0v) is 11.2. The number of rotatable bonds is 4. The van der Waals surface area contributed by atoms with Gasteiger partial charge in [-0.2, -0.15) is 0 Å². The van der Waals surface area contributed by atoms with Gasteiger partial charge in [0.15, 0.2) is 0 Å². The highest BCUT2D eigenvalue weighted by Gasteiger charge is 2.21. The Kier molecular flexibility index (Phi) is 4.12. The Bertz CT molecular complexity index is 377. The van der Waals surface area contributed by atoms with E-state index in [-0.39, 0.29) is 11.8 Å². The molecule has 1 fully saturated rings. The average Bonchev–Trinajstić information content (AvgIpc) is 2.90. The number of carbonyl (C=O) groups is 1. The van der Waals surface area contributed by atoms with Gasteiger partial charge in [0.25, 0.3) is 0 Å². The van der Waals surface area contributed by atoms with Crippen molar-refractivity contribution in [2.24, 2.45) is 5.92 Å². The van der Waals surface area contributed by atoms with Crippen molar-refractivity contribution in [3.8, 4) is 0 Å². The summed E-state index contributed by atoms with van der Waals surface area (Å²) >= 11 is 1.72. The minimum Gasteiger partial charge on any atom is -0.355 e. The second-order valence-electron chi connectivity index (χ2n) is 4.48. The van der Waals surface area contributed by atoms with E-state index in [2.05, 4.69) is 22.5 Å². The van der Waals surface area contributed by atoms with Crippen LogP contribution in [0, 0.1) is 19.8 Å². The number of amides is 1. The topological polar surface area (TPSA) is 54.0 Å². The molecule has 1 atom stereocenters. The summed E-state index contributed by atoms with van der Waals surface area (Å²) in [4.78, 5) is 17.5. The number of hydrogen-bond donors (Lipinski definition) is 2. The predicted molar refractivity (Wildman–Crippen MR) is 69.3 cm³/mol. The molecule has 0 bridgehead atoms. The monoisotopic (exact) mass is 253 g/mol. The third-order valence-electron chi connectivity index (χ3n) is 3.14. The molecule has 0 radical (unpaired) electrons. The van der Waals surface area contributed by atoms with E-state index in [1.807, 2.05) is 6.92 Å². The molecule has 0 aliphatic carbocycles. The first-order valence-electron chi connectivity index (χ1n) is 6.08. The molecule has 94 valence electrons. The van der Waals surface area contributed by atoms with E-state index in [0.29, 0.717) is 6.54 Å². The molecule has 2 N–H and O–H groups in total. The highest BCUT2D eigenvalue weighted by molar-refractivity contribution is 7.11. The molecule has 1 aromatic heterocycles. The van der Waals surface area contributed by atoms with Gasteiger partial charge in [-0.1, -0.05) is 0 Å². The number of nitrogens with one attached hydrogen (secondary N) is 2. The molecule has 1 saturated heterocycles. The highest BCUT2D eigenvalue weighted by Crippen LogP contribution is 2.16. The van der Waals surface area contributed by atoms with Crippen molar-refractivity contribution < 1.29 is 4.79 Å². The van der Waals surface area contributed by atoms with Crippen molar-refractivity contribution in [1.82, 2.24) is 15.6 Å². The van der Waals surface area contributed by atoms with E-state index in [4.69, 9.17) is 0 Å². The van der Waals surface area contributed by atoms with Crippen LogP contribution in [0.2, 0.25) is 0 Å². The van der Waals surface area contributed by atoms with Crippen molar-refractivity contribution in [1.29, 1.82) is 0 Å². The smallest absolute Gasteiger partial charge is 0.224 e. The zero-order valence-electron chi connectivity index (χ0n) is 10.4. The quantitative estimate of drug-likeness (QED) is 0.842. The maximum Gasteiger partial charge on any atom is 0.224 e. The summed E-state index contributed by atoms with van der Waals surface area (Å²) in [6.45, 7) is 6.59. The lowest BCUT2D eigenvalue weighted by Crippen LogP contribution is -2.33. The van der Waals surface area contributed by atoms with Gasteiger partial charge in [0, 0.05) is 24.4 Å². The Labute approximate surface area is 106 Å². The lowest BCUT2D eigenvalue weighted by molar-refractivity contribution is -0.124. The van der Waals surface area contributed by atoms with Crippen LogP contribution < -0.4 is 10.6 Å². The molecule has 2 heterocycles. The predicted octanol–water partition coefficient (Wildman–Crippen LogP) is 1.03. The Morgan fingerprint density at radius 2 is 2.41 bits per heavy atom. The Balaban J connectivity index is 1.73. The lowest BCUT2D eigenvalue weighted by Gasteiger charge is -2.08. The summed E-state index contributed by atoms with van der Waals surface area (Å²) in [6, 6.07) is 0. The van der Waals surface area contributed by atoms with Crippen LogP contribution in [0.15, 0.2) is 0 Å². The van der Waals surface area contributed by atoms with Crippen LogP contribution in [0.25, 0.3) is 0 Å². The van der Waals surface area contributed by atoms with Gasteiger partial charge in [-0.05, 0) is 26.8 Å². The van der Waals surface area contributed by atoms with Crippen LogP contribution in [0.1, 0.15) is 22.0 Å². The standard InChI is InChI=1S/C12H19N3OS/c1-8-9(2)17-11(15-8)4-6-14-12(16)10-3-5-13-7-10/h10,13H,3-7H2,1-2H3,(H,14,16). The number of aromatic nitrogens is 1. The second-order valence-corrected chi connectivity index (χ2v) is 5.77. The van der Waals surface area contributed by atoms with Crippen LogP contribution >= 0.6 is 11.3 Å². The Hall–Kier alpha value is -0.940. The van der Waals surface area contributed by atoms with E-state index in [9.17, 15) is 4.79 Å². The molecule has 1 aromatic rings. The van der Waals surface area contributed by atoms with Crippen LogP contribution in [0.3, 0.4) is 0 Å². The van der Waals surface area contributed by atoms with Gasteiger partial charge in [0.2, 0.25) is 5.91 Å². The molecule has 2 rings (SSSR count). The fourth-order valence-corrected chi connectivity index (χ4v) is 2.89. The SMILES string of the molecule is Cc1nc(CCNC(=O)C2CCNC2)sc1C. The van der Waals surface area contributed by atoms with E-state index < -0.39 is 0 Å². The summed E-state index contributed by atoms with van der Waals surface area (Å²) in [5, 5.41) is 7.31. The van der Waals surface area contributed by atoms with Gasteiger partial charge < -0.3 is 10.6 Å². The van der Waals surface area contributed by atoms with Crippen molar-refractivity contribution >= 4 is 17.2 Å². The summed E-state index contributed by atoms with van der Waals surface area (Å²) in [5.74, 6) is 0.342. The number of hydrogen-bond acceptors (Lipinski definition) is 4. The minimum absolute atomic E-state index is 0.162. The molecule has 1 aliphatic heterocycles. The molecule has 1 unspecified atom stereocenters. The molecule has 5 heteroatoms. The van der Waals surface area contributed by atoms with Crippen molar-refractivity contribution in [2.75, 3.05) is 19.6 Å². The number of aryl methyl sites for hydroxylation is 2. The van der Waals surface area contributed by atoms with Crippen LogP contribution in [0.5, 0.6) is 0 Å². The second kappa shape index (κ2) is 5.60. The van der Waals surface area contributed by atoms with Gasteiger partial charge in [0.1, 0.15) is 0 Å². The van der Waals surface area contributed by atoms with Crippen molar-refractivity contribution in [3.63, 3.8) is 0 Å². The number of nitrogens with zero attached hydrogens (tertiary/aromatic N) is 1. The summed E-state index contributed by atoms with van der Waals surface area (Å²) in [7, 11) is 0. The first-order valence-corrected chi connectivity index (χ1v) is 6.90. The first kappa shape index (κ1) is 12.5. The minimum atomic E-state index is 0.162. The normalized spacial score (nSPS) is 19.5. The molecule has 1 aliphatic rings. The van der Waals surface area contributed by atoms with Crippen LogP contribution in [-0.4, -0.2) is 30.5 Å². The van der Waals surface area contributed by atoms with Crippen LogP contribution in [-0.2, 0) is 11.2 Å². The maximum atomic E-state index is 11.7. The molecular weight excluding hydrogens is 234 g/mol. The summed E-state index contributed by atoms with van der Waals surface area (Å²) in [5.41, 5.74) is 1.11. The first-order chi connectivity index (χ1) is 8.16. The Morgan fingerprint density at radius 3 is 3.00 bits per heavy atom. The highest BCUT2D eigenvalue weighted by atomic mass is 32.1. The fraction of sp³-hybridized carbons (Fsp3) is 0.667. The van der Waals surface area contributed by atoms with Gasteiger partial charge in [-0.3, -0.25) is 4.79 Å². The van der Waals surface area contributed by atoms with Gasteiger partial charge in [-0.15, -0.1) is 11.3 Å². The molecule has 4 nitrogen and oxygen atoms in total. The molecule has 0 spiro atoms. The number of thiazole rings is 1. The average molecular weight is 253 g/mol. The van der Waals surface area contributed by atoms with Crippen molar-refractivity contribution in [2.45, 2.75) is 26.7 Å². The number of carbonyl (C=O) groups excluding carboxylic acids is 1. The fourth-order valence-electron chi connectivity index (χ4n) is 1.96. The van der Waals surface area contributed by atoms with E-state index in [1.54, 1.807) is 11.3 Å². The third-order valence-corrected chi connectivity index (χ3v) is 4.27. The van der Waals surface area contributed by atoms with E-state index in [0.717, 1.165) is 36.6 Å². The van der Waals surface area contributed by atoms with Crippen LogP contribution in [0.4, 0.5) is 0 Å². The van der Waals surface area contributed by atoms with Gasteiger partial charge >= 0.3 is 0 Å². The lowest BCUT2D eigenvalue weighted by atomic mass is 10.1.